The molecule has 2 aromatic carbocycles. The molecule has 4 rings (SSSR count). The number of fused-ring (bicyclic) bond motifs is 2. The molecule has 2 aromatic rings. The lowest BCUT2D eigenvalue weighted by Gasteiger charge is -2.17. The number of anilines is 2. The molecule has 2 heterocycles. The first-order valence-corrected chi connectivity index (χ1v) is 6.45. The van der Waals surface area contributed by atoms with Crippen LogP contribution in [-0.4, -0.2) is 18.3 Å². The maximum Gasteiger partial charge on any atom is 0.236 e. The van der Waals surface area contributed by atoms with Gasteiger partial charge in [0.25, 0.3) is 0 Å². The number of nitrogens with zero attached hydrogens (tertiary/aromatic N) is 1. The van der Waals surface area contributed by atoms with Crippen molar-refractivity contribution in [3.63, 3.8) is 0 Å². The number of rotatable bonds is 1. The minimum atomic E-state index is -0.0323. The average molecular weight is 265 g/mol. The predicted octanol–water partition coefficient (Wildman–Crippen LogP) is 2.48. The standard InChI is InChI=1S/C16H11NO3/c18-14-9-20-15-6-10-7-16(19)17(13(10)8-12(14)15)11-4-2-1-3-5-11/h1-6,8H,7,9H2. The van der Waals surface area contributed by atoms with E-state index in [0.717, 1.165) is 16.9 Å². The van der Waals surface area contributed by atoms with Crippen molar-refractivity contribution in [2.24, 2.45) is 0 Å². The third-order valence-corrected chi connectivity index (χ3v) is 3.69. The van der Waals surface area contributed by atoms with Crippen LogP contribution in [0.25, 0.3) is 0 Å². The average Bonchev–Trinajstić information content (AvgIpc) is 2.97. The van der Waals surface area contributed by atoms with Crippen molar-refractivity contribution < 1.29 is 14.3 Å². The van der Waals surface area contributed by atoms with Crippen molar-refractivity contribution in [2.75, 3.05) is 11.5 Å². The molecule has 0 atom stereocenters. The summed E-state index contributed by atoms with van der Waals surface area (Å²) in [5, 5.41) is 0. The smallest absolute Gasteiger partial charge is 0.236 e. The molecule has 0 spiro atoms. The molecule has 0 saturated carbocycles. The van der Waals surface area contributed by atoms with Gasteiger partial charge in [0.2, 0.25) is 11.7 Å². The highest BCUT2D eigenvalue weighted by atomic mass is 16.5. The summed E-state index contributed by atoms with van der Waals surface area (Å²) in [5.74, 6) is 0.578. The van der Waals surface area contributed by atoms with E-state index in [4.69, 9.17) is 4.74 Å². The van der Waals surface area contributed by atoms with E-state index in [1.54, 1.807) is 11.0 Å². The topological polar surface area (TPSA) is 46.6 Å². The van der Waals surface area contributed by atoms with E-state index in [1.165, 1.54) is 0 Å². The van der Waals surface area contributed by atoms with Crippen molar-refractivity contribution in [3.8, 4) is 5.75 Å². The summed E-state index contributed by atoms with van der Waals surface area (Å²) in [6, 6.07) is 13.1. The molecule has 0 unspecified atom stereocenters. The second kappa shape index (κ2) is 3.93. The van der Waals surface area contributed by atoms with Crippen LogP contribution in [0.1, 0.15) is 15.9 Å². The van der Waals surface area contributed by atoms with Crippen LogP contribution in [0.3, 0.4) is 0 Å². The fraction of sp³-hybridized carbons (Fsp3) is 0.125. The Morgan fingerprint density at radius 2 is 1.85 bits per heavy atom. The lowest BCUT2D eigenvalue weighted by Crippen LogP contribution is -2.20. The summed E-state index contributed by atoms with van der Waals surface area (Å²) < 4.78 is 5.33. The van der Waals surface area contributed by atoms with Crippen LogP contribution < -0.4 is 9.64 Å². The van der Waals surface area contributed by atoms with Crippen LogP contribution in [0, 0.1) is 0 Å². The molecule has 2 aliphatic rings. The molecular weight excluding hydrogens is 254 g/mol. The Bertz CT molecular complexity index is 737. The summed E-state index contributed by atoms with van der Waals surface area (Å²) in [4.78, 5) is 25.7. The number of ketones is 1. The van der Waals surface area contributed by atoms with Gasteiger partial charge < -0.3 is 4.74 Å². The Kier molecular flexibility index (Phi) is 2.21. The van der Waals surface area contributed by atoms with Crippen LogP contribution in [-0.2, 0) is 11.2 Å². The first kappa shape index (κ1) is 11.2. The van der Waals surface area contributed by atoms with E-state index < -0.39 is 0 Å². The number of hydrogen-bond acceptors (Lipinski definition) is 3. The number of para-hydroxylation sites is 1. The van der Waals surface area contributed by atoms with E-state index in [1.807, 2.05) is 36.4 Å². The van der Waals surface area contributed by atoms with Gasteiger partial charge in [0.05, 0.1) is 17.7 Å². The third-order valence-electron chi connectivity index (χ3n) is 3.69. The molecule has 4 nitrogen and oxygen atoms in total. The fourth-order valence-corrected chi connectivity index (χ4v) is 2.76. The van der Waals surface area contributed by atoms with Gasteiger partial charge >= 0.3 is 0 Å². The number of ether oxygens (including phenoxy) is 1. The van der Waals surface area contributed by atoms with Gasteiger partial charge in [0, 0.05) is 5.69 Å². The summed E-state index contributed by atoms with van der Waals surface area (Å²) in [6.45, 7) is 0.0948. The molecule has 0 radical (unpaired) electrons. The molecule has 0 fully saturated rings. The first-order chi connectivity index (χ1) is 9.74. The van der Waals surface area contributed by atoms with Gasteiger partial charge in [-0.3, -0.25) is 14.5 Å². The summed E-state index contributed by atoms with van der Waals surface area (Å²) in [7, 11) is 0. The van der Waals surface area contributed by atoms with Gasteiger partial charge in [-0.15, -0.1) is 0 Å². The van der Waals surface area contributed by atoms with Gasteiger partial charge in [0.15, 0.2) is 6.61 Å². The highest BCUT2D eigenvalue weighted by Crippen LogP contribution is 2.40. The zero-order valence-corrected chi connectivity index (χ0v) is 10.6. The fourth-order valence-electron chi connectivity index (χ4n) is 2.76. The molecule has 0 saturated heterocycles. The first-order valence-electron chi connectivity index (χ1n) is 6.45. The van der Waals surface area contributed by atoms with Gasteiger partial charge in [-0.05, 0) is 29.8 Å². The Hall–Kier alpha value is -2.62. The molecule has 0 N–H and O–H groups in total. The SMILES string of the molecule is O=C1COc2cc3c(cc21)N(c1ccccc1)C(=O)C3. The lowest BCUT2D eigenvalue weighted by molar-refractivity contribution is -0.116. The van der Waals surface area contributed by atoms with Crippen molar-refractivity contribution >= 4 is 23.1 Å². The van der Waals surface area contributed by atoms with Crippen molar-refractivity contribution in [3.05, 3.63) is 53.6 Å². The van der Waals surface area contributed by atoms with Gasteiger partial charge in [0.1, 0.15) is 5.75 Å². The molecule has 0 bridgehead atoms. The molecule has 1 amide bonds. The Morgan fingerprint density at radius 3 is 2.65 bits per heavy atom. The van der Waals surface area contributed by atoms with Crippen molar-refractivity contribution in [1.29, 1.82) is 0 Å². The highest BCUT2D eigenvalue weighted by molar-refractivity contribution is 6.10. The molecule has 0 aliphatic carbocycles. The number of carbonyl (C=O) groups excluding carboxylic acids is 2. The second-order valence-corrected chi connectivity index (χ2v) is 4.93. The number of benzene rings is 2. The largest absolute Gasteiger partial charge is 0.485 e. The quantitative estimate of drug-likeness (QED) is 0.795. The Labute approximate surface area is 115 Å². The number of carbonyl (C=O) groups is 2. The zero-order chi connectivity index (χ0) is 13.7. The molecule has 2 aliphatic heterocycles. The maximum absolute atomic E-state index is 12.2. The third kappa shape index (κ3) is 1.48. The maximum atomic E-state index is 12.2. The van der Waals surface area contributed by atoms with E-state index in [9.17, 15) is 9.59 Å². The summed E-state index contributed by atoms with van der Waals surface area (Å²) in [5.41, 5.74) is 3.09. The lowest BCUT2D eigenvalue weighted by atomic mass is 10.1. The van der Waals surface area contributed by atoms with Crippen LogP contribution >= 0.6 is 0 Å². The second-order valence-electron chi connectivity index (χ2n) is 4.93. The van der Waals surface area contributed by atoms with Crippen LogP contribution in [0.15, 0.2) is 42.5 Å². The minimum Gasteiger partial charge on any atom is -0.485 e. The number of Topliss-reactive ketones (excluding diaryl/α,β-unsaturated/α-hetero) is 1. The van der Waals surface area contributed by atoms with Gasteiger partial charge in [-0.1, -0.05) is 18.2 Å². The molecule has 20 heavy (non-hydrogen) atoms. The van der Waals surface area contributed by atoms with Crippen LogP contribution in [0.2, 0.25) is 0 Å². The number of amides is 1. The monoisotopic (exact) mass is 265 g/mol. The number of hydrogen-bond donors (Lipinski definition) is 0. The van der Waals surface area contributed by atoms with Crippen molar-refractivity contribution in [1.82, 2.24) is 0 Å². The van der Waals surface area contributed by atoms with E-state index >= 15 is 0 Å². The van der Waals surface area contributed by atoms with Crippen LogP contribution in [0.5, 0.6) is 5.75 Å². The van der Waals surface area contributed by atoms with Crippen molar-refractivity contribution in [2.45, 2.75) is 6.42 Å². The van der Waals surface area contributed by atoms with Gasteiger partial charge in [-0.25, -0.2) is 0 Å². The Morgan fingerprint density at radius 1 is 1.05 bits per heavy atom. The minimum absolute atomic E-state index is 0.0160. The van der Waals surface area contributed by atoms with Crippen LogP contribution in [0.4, 0.5) is 11.4 Å². The Balaban J connectivity index is 1.89. The van der Waals surface area contributed by atoms with E-state index in [0.29, 0.717) is 17.7 Å². The predicted molar refractivity (Wildman–Crippen MR) is 73.6 cm³/mol. The normalized spacial score (nSPS) is 16.1. The van der Waals surface area contributed by atoms with Gasteiger partial charge in [-0.2, -0.15) is 0 Å². The molecular formula is C16H11NO3. The highest BCUT2D eigenvalue weighted by Gasteiger charge is 2.32. The summed E-state index contributed by atoms with van der Waals surface area (Å²) >= 11 is 0. The summed E-state index contributed by atoms with van der Waals surface area (Å²) in [6.07, 6.45) is 0.342. The molecule has 4 heteroatoms. The molecule has 0 aromatic heterocycles. The zero-order valence-electron chi connectivity index (χ0n) is 10.6. The van der Waals surface area contributed by atoms with E-state index in [-0.39, 0.29) is 18.3 Å². The molecule has 98 valence electrons. The van der Waals surface area contributed by atoms with E-state index in [2.05, 4.69) is 0 Å².